The molecule has 0 fully saturated rings. The van der Waals surface area contributed by atoms with E-state index in [-0.39, 0.29) is 6.35 Å². The fraction of sp³-hybridized carbons (Fsp3) is 0.312. The molecule has 7 nitrogen and oxygen atoms in total. The number of nitrogens with one attached hydrogen (secondary N) is 5. The van der Waals surface area contributed by atoms with Gasteiger partial charge in [-0.25, -0.2) is 0 Å². The van der Waals surface area contributed by atoms with Gasteiger partial charge in [0.05, 0.1) is 0 Å². The Kier molecular flexibility index (Phi) is 4.07. The first-order valence-corrected chi connectivity index (χ1v) is 7.39. The smallest absolute Gasteiger partial charge is 0.207 e. The van der Waals surface area contributed by atoms with Crippen LogP contribution in [-0.4, -0.2) is 32.5 Å². The highest BCUT2D eigenvalue weighted by molar-refractivity contribution is 5.68. The predicted octanol–water partition coefficient (Wildman–Crippen LogP) is 1.05. The Labute approximate surface area is 135 Å². The molecule has 1 atom stereocenters. The largest absolute Gasteiger partial charge is 0.347 e. The van der Waals surface area contributed by atoms with E-state index >= 15 is 0 Å². The molecular weight excluding hydrogens is 292 g/mol. The molecular formula is C16H20N6O. The van der Waals surface area contributed by atoms with Crippen LogP contribution in [0.5, 0.6) is 0 Å². The van der Waals surface area contributed by atoms with Crippen molar-refractivity contribution in [3.8, 4) is 17.3 Å². The van der Waals surface area contributed by atoms with Gasteiger partial charge in [0.1, 0.15) is 11.8 Å². The third-order valence-electron chi connectivity index (χ3n) is 4.06. The van der Waals surface area contributed by atoms with Gasteiger partial charge in [-0.05, 0) is 51.0 Å². The lowest BCUT2D eigenvalue weighted by molar-refractivity contribution is -0.141. The Hall–Kier alpha value is -2.37. The number of rotatable bonds is 4. The maximum Gasteiger partial charge on any atom is 0.207 e. The first kappa shape index (κ1) is 15.5. The Morgan fingerprint density at radius 2 is 1.96 bits per heavy atom. The summed E-state index contributed by atoms with van der Waals surface area (Å²) in [4.78, 5) is 3.09. The Balaban J connectivity index is 2.08. The highest BCUT2D eigenvalue weighted by atomic mass is 16.6. The average molecular weight is 312 g/mol. The number of aromatic nitrogens is 1. The molecule has 2 heterocycles. The molecule has 23 heavy (non-hydrogen) atoms. The first-order chi connectivity index (χ1) is 11.2. The van der Waals surface area contributed by atoms with Crippen molar-refractivity contribution in [1.82, 2.24) is 20.9 Å². The zero-order valence-electron chi connectivity index (χ0n) is 13.3. The fourth-order valence-electron chi connectivity index (χ4n) is 2.81. The zero-order valence-corrected chi connectivity index (χ0v) is 13.3. The van der Waals surface area contributed by atoms with E-state index in [1.165, 1.54) is 0 Å². The predicted molar refractivity (Wildman–Crippen MR) is 88.3 cm³/mol. The number of nitriles is 1. The van der Waals surface area contributed by atoms with Gasteiger partial charge < -0.3 is 15.0 Å². The number of fused-ring (bicyclic) bond motifs is 1. The molecule has 0 radical (unpaired) electrons. The quantitative estimate of drug-likeness (QED) is 0.542. The van der Waals surface area contributed by atoms with Gasteiger partial charge in [0.25, 0.3) is 0 Å². The number of nitrogens with zero attached hydrogens (tertiary/aromatic N) is 1. The summed E-state index contributed by atoms with van der Waals surface area (Å²) in [6.07, 6.45) is -0.316. The second-order valence-corrected chi connectivity index (χ2v) is 5.27. The van der Waals surface area contributed by atoms with Crippen molar-refractivity contribution in [2.45, 2.75) is 12.2 Å². The molecule has 1 aliphatic heterocycles. The van der Waals surface area contributed by atoms with Crippen LogP contribution in [-0.2, 0) is 10.6 Å². The number of ether oxygens (including phenoxy) is 1. The van der Waals surface area contributed by atoms with E-state index in [9.17, 15) is 0 Å². The normalized spacial score (nSPS) is 18.8. The lowest BCUT2D eigenvalue weighted by atomic mass is 10.0. The summed E-state index contributed by atoms with van der Waals surface area (Å²) in [5, 5.41) is 21.7. The second-order valence-electron chi connectivity index (χ2n) is 5.27. The molecule has 0 aliphatic carbocycles. The molecule has 0 amide bonds. The van der Waals surface area contributed by atoms with Crippen LogP contribution in [0.2, 0.25) is 0 Å². The van der Waals surface area contributed by atoms with Crippen molar-refractivity contribution in [3.05, 3.63) is 41.6 Å². The van der Waals surface area contributed by atoms with Crippen molar-refractivity contribution in [2.75, 3.05) is 26.5 Å². The lowest BCUT2D eigenvalue weighted by Crippen LogP contribution is -2.60. The Bertz CT molecular complexity index is 743. The van der Waals surface area contributed by atoms with Crippen LogP contribution in [0.1, 0.15) is 11.3 Å². The van der Waals surface area contributed by atoms with Crippen molar-refractivity contribution in [1.29, 1.82) is 5.26 Å². The molecule has 0 saturated heterocycles. The topological polar surface area (TPSA) is 96.9 Å². The highest BCUT2D eigenvalue weighted by Crippen LogP contribution is 2.35. The molecule has 2 aromatic rings. The van der Waals surface area contributed by atoms with Crippen LogP contribution in [0.25, 0.3) is 11.3 Å². The number of H-pyrrole nitrogens is 1. The molecule has 3 rings (SSSR count). The van der Waals surface area contributed by atoms with E-state index in [1.807, 2.05) is 45.4 Å². The number of aromatic amines is 1. The van der Waals surface area contributed by atoms with Crippen molar-refractivity contribution in [2.24, 2.45) is 0 Å². The molecule has 1 aromatic heterocycles. The monoisotopic (exact) mass is 312 g/mol. The van der Waals surface area contributed by atoms with E-state index in [0.717, 1.165) is 22.5 Å². The van der Waals surface area contributed by atoms with Gasteiger partial charge in [0.15, 0.2) is 6.35 Å². The van der Waals surface area contributed by atoms with E-state index in [1.54, 1.807) is 6.07 Å². The molecule has 0 saturated carbocycles. The standard InChI is InChI=1S/C16H20N6O/c1-18-15-22-14-6-4-10(13-7-5-11(9-17)21-13)8-12(14)16(19-2,20-3)23-15/h4-8,15,18-22H,1-3H3. The third-order valence-corrected chi connectivity index (χ3v) is 4.06. The molecule has 120 valence electrons. The summed E-state index contributed by atoms with van der Waals surface area (Å²) in [6, 6.07) is 11.8. The Morgan fingerprint density at radius 3 is 2.57 bits per heavy atom. The van der Waals surface area contributed by atoms with Gasteiger partial charge in [-0.3, -0.25) is 16.0 Å². The van der Waals surface area contributed by atoms with Gasteiger partial charge in [-0.2, -0.15) is 5.26 Å². The molecule has 0 bridgehead atoms. The van der Waals surface area contributed by atoms with E-state index < -0.39 is 5.85 Å². The molecule has 1 aromatic carbocycles. The average Bonchev–Trinajstić information content (AvgIpc) is 3.09. The molecule has 1 unspecified atom stereocenters. The molecule has 0 spiro atoms. The van der Waals surface area contributed by atoms with Gasteiger partial charge in [0.2, 0.25) is 5.85 Å². The molecule has 7 heteroatoms. The van der Waals surface area contributed by atoms with Gasteiger partial charge >= 0.3 is 0 Å². The van der Waals surface area contributed by atoms with E-state index in [4.69, 9.17) is 10.00 Å². The van der Waals surface area contributed by atoms with Gasteiger partial charge in [-0.15, -0.1) is 0 Å². The van der Waals surface area contributed by atoms with Crippen LogP contribution >= 0.6 is 0 Å². The maximum absolute atomic E-state index is 8.97. The maximum atomic E-state index is 8.97. The van der Waals surface area contributed by atoms with E-state index in [2.05, 4.69) is 32.3 Å². The lowest BCUT2D eigenvalue weighted by Gasteiger charge is -2.42. The minimum Gasteiger partial charge on any atom is -0.347 e. The minimum absolute atomic E-state index is 0.316. The summed E-state index contributed by atoms with van der Waals surface area (Å²) in [5.74, 6) is -0.811. The summed E-state index contributed by atoms with van der Waals surface area (Å²) < 4.78 is 6.06. The van der Waals surface area contributed by atoms with Crippen molar-refractivity contribution in [3.63, 3.8) is 0 Å². The molecule has 5 N–H and O–H groups in total. The van der Waals surface area contributed by atoms with Crippen LogP contribution in [0.4, 0.5) is 5.69 Å². The number of benzene rings is 1. The summed E-state index contributed by atoms with van der Waals surface area (Å²) in [5.41, 5.74) is 4.32. The first-order valence-electron chi connectivity index (χ1n) is 7.39. The Morgan fingerprint density at radius 1 is 1.17 bits per heavy atom. The van der Waals surface area contributed by atoms with Crippen LogP contribution in [0, 0.1) is 11.3 Å². The number of hydrogen-bond acceptors (Lipinski definition) is 6. The fourth-order valence-corrected chi connectivity index (χ4v) is 2.81. The summed E-state index contributed by atoms with van der Waals surface area (Å²) in [7, 11) is 5.51. The van der Waals surface area contributed by atoms with Gasteiger partial charge in [0, 0.05) is 16.9 Å². The van der Waals surface area contributed by atoms with Crippen molar-refractivity contribution >= 4 is 5.69 Å². The van der Waals surface area contributed by atoms with Gasteiger partial charge in [-0.1, -0.05) is 6.07 Å². The van der Waals surface area contributed by atoms with E-state index in [0.29, 0.717) is 5.69 Å². The van der Waals surface area contributed by atoms with Crippen molar-refractivity contribution < 1.29 is 4.74 Å². The minimum atomic E-state index is -0.811. The van der Waals surface area contributed by atoms with Crippen LogP contribution in [0.15, 0.2) is 30.3 Å². The third kappa shape index (κ3) is 2.58. The van der Waals surface area contributed by atoms with Crippen LogP contribution < -0.4 is 21.3 Å². The summed E-state index contributed by atoms with van der Waals surface area (Å²) in [6.45, 7) is 0. The zero-order chi connectivity index (χ0) is 16.4. The second kappa shape index (κ2) is 6.02. The SMILES string of the molecule is CNC1Nc2ccc(-c3ccc(C#N)[nH]3)cc2C(NC)(NC)O1. The number of hydrogen-bond donors (Lipinski definition) is 5. The summed E-state index contributed by atoms with van der Waals surface area (Å²) >= 11 is 0. The number of anilines is 1. The molecule has 1 aliphatic rings. The highest BCUT2D eigenvalue weighted by Gasteiger charge is 2.39. The van der Waals surface area contributed by atoms with Crippen LogP contribution in [0.3, 0.4) is 0 Å².